The highest BCUT2D eigenvalue weighted by molar-refractivity contribution is 5.87. The molecule has 2 heterocycles. The number of methoxy groups -OCH3 is 2. The summed E-state index contributed by atoms with van der Waals surface area (Å²) in [5.74, 6) is 2.13. The molecule has 21 heavy (non-hydrogen) atoms. The number of ether oxygens (including phenoxy) is 2. The highest BCUT2D eigenvalue weighted by Gasteiger charge is 2.18. The van der Waals surface area contributed by atoms with E-state index in [4.69, 9.17) is 9.47 Å². The van der Waals surface area contributed by atoms with Gasteiger partial charge in [-0.2, -0.15) is 5.10 Å². The second kappa shape index (κ2) is 5.05. The molecule has 1 N–H and O–H groups in total. The fourth-order valence-electron chi connectivity index (χ4n) is 2.63. The second-order valence-corrected chi connectivity index (χ2v) is 4.81. The SMILES string of the molecule is COc1cc2cc(C)[n+](-c3ncn[nH]3)c(C)c2cc1OC. The topological polar surface area (TPSA) is 63.9 Å². The van der Waals surface area contributed by atoms with Crippen molar-refractivity contribution in [3.8, 4) is 17.4 Å². The summed E-state index contributed by atoms with van der Waals surface area (Å²) in [6, 6.07) is 6.06. The van der Waals surface area contributed by atoms with Gasteiger partial charge >= 0.3 is 5.95 Å². The lowest BCUT2D eigenvalue weighted by molar-refractivity contribution is -0.615. The first-order chi connectivity index (χ1) is 10.2. The molecule has 0 radical (unpaired) electrons. The van der Waals surface area contributed by atoms with E-state index < -0.39 is 0 Å². The average molecular weight is 285 g/mol. The van der Waals surface area contributed by atoms with Crippen molar-refractivity contribution in [3.63, 3.8) is 0 Å². The van der Waals surface area contributed by atoms with Crippen LogP contribution in [-0.4, -0.2) is 29.4 Å². The normalized spacial score (nSPS) is 10.9. The predicted molar refractivity (Wildman–Crippen MR) is 78.0 cm³/mol. The van der Waals surface area contributed by atoms with Crippen LogP contribution in [0.25, 0.3) is 16.7 Å². The summed E-state index contributed by atoms with van der Waals surface area (Å²) in [4.78, 5) is 4.23. The summed E-state index contributed by atoms with van der Waals surface area (Å²) < 4.78 is 12.8. The van der Waals surface area contributed by atoms with Gasteiger partial charge in [-0.05, 0) is 37.4 Å². The lowest BCUT2D eigenvalue weighted by Crippen LogP contribution is -2.39. The maximum absolute atomic E-state index is 5.39. The number of pyridine rings is 1. The van der Waals surface area contributed by atoms with Crippen molar-refractivity contribution in [2.75, 3.05) is 14.2 Å². The van der Waals surface area contributed by atoms with E-state index in [2.05, 4.69) is 21.2 Å². The van der Waals surface area contributed by atoms with Gasteiger partial charge in [-0.15, -0.1) is 0 Å². The minimum absolute atomic E-state index is 0.696. The zero-order chi connectivity index (χ0) is 15.0. The van der Waals surface area contributed by atoms with Crippen molar-refractivity contribution >= 4 is 10.8 Å². The third-order valence-electron chi connectivity index (χ3n) is 3.61. The van der Waals surface area contributed by atoms with E-state index >= 15 is 0 Å². The van der Waals surface area contributed by atoms with Crippen LogP contribution in [0.5, 0.6) is 11.5 Å². The summed E-state index contributed by atoms with van der Waals surface area (Å²) in [6.45, 7) is 4.08. The molecular weight excluding hydrogens is 268 g/mol. The van der Waals surface area contributed by atoms with Crippen LogP contribution in [0.3, 0.4) is 0 Å². The molecule has 0 saturated carbocycles. The first-order valence-electron chi connectivity index (χ1n) is 6.59. The Morgan fingerprint density at radius 2 is 1.76 bits per heavy atom. The van der Waals surface area contributed by atoms with Gasteiger partial charge < -0.3 is 9.47 Å². The van der Waals surface area contributed by atoms with Crippen molar-refractivity contribution < 1.29 is 14.0 Å². The zero-order valence-corrected chi connectivity index (χ0v) is 12.5. The molecule has 0 atom stereocenters. The molecule has 0 aliphatic rings. The van der Waals surface area contributed by atoms with Gasteiger partial charge in [0, 0.05) is 5.39 Å². The number of aromatic amines is 1. The molecule has 0 saturated heterocycles. The minimum Gasteiger partial charge on any atom is -0.493 e. The molecule has 3 rings (SSSR count). The number of nitrogens with zero attached hydrogens (tertiary/aromatic N) is 3. The number of H-pyrrole nitrogens is 1. The van der Waals surface area contributed by atoms with Crippen LogP contribution < -0.4 is 14.0 Å². The quantitative estimate of drug-likeness (QED) is 0.746. The fourth-order valence-corrected chi connectivity index (χ4v) is 2.63. The second-order valence-electron chi connectivity index (χ2n) is 4.81. The smallest absolute Gasteiger partial charge is 0.422 e. The van der Waals surface area contributed by atoms with Crippen LogP contribution in [0.1, 0.15) is 11.4 Å². The summed E-state index contributed by atoms with van der Waals surface area (Å²) >= 11 is 0. The monoisotopic (exact) mass is 285 g/mol. The minimum atomic E-state index is 0.696. The molecule has 1 aromatic carbocycles. The van der Waals surface area contributed by atoms with Crippen LogP contribution in [0.15, 0.2) is 24.5 Å². The number of rotatable bonds is 3. The fraction of sp³-hybridized carbons (Fsp3) is 0.267. The van der Waals surface area contributed by atoms with Crippen LogP contribution >= 0.6 is 0 Å². The molecule has 0 spiro atoms. The number of hydrogen-bond donors (Lipinski definition) is 1. The van der Waals surface area contributed by atoms with Crippen molar-refractivity contribution in [1.82, 2.24) is 15.2 Å². The first kappa shape index (κ1) is 13.4. The highest BCUT2D eigenvalue weighted by atomic mass is 16.5. The van der Waals surface area contributed by atoms with Gasteiger partial charge in [0.2, 0.25) is 6.33 Å². The largest absolute Gasteiger partial charge is 0.493 e. The number of nitrogens with one attached hydrogen (secondary N) is 1. The van der Waals surface area contributed by atoms with E-state index in [-0.39, 0.29) is 0 Å². The summed E-state index contributed by atoms with van der Waals surface area (Å²) in [7, 11) is 3.28. The molecule has 0 bridgehead atoms. The van der Waals surface area contributed by atoms with E-state index in [1.165, 1.54) is 6.33 Å². The van der Waals surface area contributed by atoms with Crippen molar-refractivity contribution in [2.45, 2.75) is 13.8 Å². The number of fused-ring (bicyclic) bond motifs is 1. The van der Waals surface area contributed by atoms with Gasteiger partial charge in [-0.25, -0.2) is 4.57 Å². The molecular formula is C15H17N4O2+. The Bertz CT molecular complexity index is 797. The molecule has 0 unspecified atom stereocenters. The van der Waals surface area contributed by atoms with Crippen molar-refractivity contribution in [2.24, 2.45) is 0 Å². The summed E-state index contributed by atoms with van der Waals surface area (Å²) in [6.07, 6.45) is 1.50. The Balaban J connectivity index is 2.34. The molecule has 0 aliphatic heterocycles. The Morgan fingerprint density at radius 3 is 2.38 bits per heavy atom. The maximum atomic E-state index is 5.39. The van der Waals surface area contributed by atoms with Gasteiger partial charge in [0.15, 0.2) is 11.5 Å². The van der Waals surface area contributed by atoms with E-state index in [1.807, 2.05) is 30.5 Å². The van der Waals surface area contributed by atoms with E-state index in [0.29, 0.717) is 11.7 Å². The molecule has 3 aromatic rings. The molecule has 6 heteroatoms. The lowest BCUT2D eigenvalue weighted by atomic mass is 10.1. The highest BCUT2D eigenvalue weighted by Crippen LogP contribution is 2.33. The standard InChI is InChI=1S/C15H17N4O2/c1-9-5-11-6-13(20-3)14(21-4)7-12(11)10(2)19(9)15-16-8-17-18-15/h5-8H,1-4H3,(H,16,17,18)/q+1. The Hall–Kier alpha value is -2.63. The number of benzene rings is 1. The van der Waals surface area contributed by atoms with Gasteiger partial charge in [0.1, 0.15) is 0 Å². The Morgan fingerprint density at radius 1 is 1.05 bits per heavy atom. The van der Waals surface area contributed by atoms with Gasteiger partial charge in [-0.1, -0.05) is 10.1 Å². The van der Waals surface area contributed by atoms with Gasteiger partial charge in [0.25, 0.3) is 0 Å². The predicted octanol–water partition coefficient (Wildman–Crippen LogP) is 1.87. The van der Waals surface area contributed by atoms with Crippen molar-refractivity contribution in [3.05, 3.63) is 35.9 Å². The first-order valence-corrected chi connectivity index (χ1v) is 6.59. The summed E-state index contributed by atoms with van der Waals surface area (Å²) in [5, 5.41) is 8.99. The zero-order valence-electron chi connectivity index (χ0n) is 12.5. The van der Waals surface area contributed by atoms with Crippen LogP contribution in [0.2, 0.25) is 0 Å². The average Bonchev–Trinajstić information content (AvgIpc) is 3.00. The molecule has 0 amide bonds. The Kier molecular flexibility index (Phi) is 3.21. The molecule has 2 aromatic heterocycles. The molecule has 6 nitrogen and oxygen atoms in total. The van der Waals surface area contributed by atoms with Crippen LogP contribution in [0.4, 0.5) is 0 Å². The molecule has 0 fully saturated rings. The van der Waals surface area contributed by atoms with Gasteiger partial charge in [0.05, 0.1) is 25.6 Å². The lowest BCUT2D eigenvalue weighted by Gasteiger charge is -2.13. The third kappa shape index (κ3) is 2.08. The van der Waals surface area contributed by atoms with E-state index in [0.717, 1.165) is 27.9 Å². The van der Waals surface area contributed by atoms with Crippen LogP contribution in [-0.2, 0) is 0 Å². The number of hydrogen-bond acceptors (Lipinski definition) is 4. The van der Waals surface area contributed by atoms with Gasteiger partial charge in [-0.3, -0.25) is 0 Å². The van der Waals surface area contributed by atoms with Crippen LogP contribution in [0, 0.1) is 13.8 Å². The molecule has 0 aliphatic carbocycles. The van der Waals surface area contributed by atoms with Crippen molar-refractivity contribution in [1.29, 1.82) is 0 Å². The number of aryl methyl sites for hydroxylation is 2. The van der Waals surface area contributed by atoms with E-state index in [1.54, 1.807) is 14.2 Å². The maximum Gasteiger partial charge on any atom is 0.422 e. The number of aromatic nitrogens is 4. The third-order valence-corrected chi connectivity index (χ3v) is 3.61. The van der Waals surface area contributed by atoms with E-state index in [9.17, 15) is 0 Å². The summed E-state index contributed by atoms with van der Waals surface area (Å²) in [5.41, 5.74) is 2.12. The molecule has 108 valence electrons. The Labute approximate surface area is 122 Å².